The van der Waals surface area contributed by atoms with Crippen LogP contribution in [0.15, 0.2) is 40.8 Å². The summed E-state index contributed by atoms with van der Waals surface area (Å²) in [6.07, 6.45) is -3.41. The van der Waals surface area contributed by atoms with E-state index in [-0.39, 0.29) is 23.0 Å². The van der Waals surface area contributed by atoms with Crippen molar-refractivity contribution in [3.63, 3.8) is 0 Å². The lowest BCUT2D eigenvalue weighted by Crippen LogP contribution is -2.24. The van der Waals surface area contributed by atoms with Gasteiger partial charge in [-0.2, -0.15) is 13.2 Å². The Balaban J connectivity index is 1.87. The minimum atomic E-state index is -4.91. The third-order valence-corrected chi connectivity index (χ3v) is 6.77. The molecule has 0 fully saturated rings. The number of carbonyl (C=O) groups is 1. The molecule has 0 saturated carbocycles. The Morgan fingerprint density at radius 1 is 1.39 bits per heavy atom. The highest BCUT2D eigenvalue weighted by atomic mass is 32.2. The maximum absolute atomic E-state index is 13.3. The first-order chi connectivity index (χ1) is 15.4. The van der Waals surface area contributed by atoms with Gasteiger partial charge in [0.25, 0.3) is 11.2 Å². The molecule has 174 valence electrons. The molecule has 0 aliphatic rings. The van der Waals surface area contributed by atoms with E-state index < -0.39 is 33.9 Å². The smallest absolute Gasteiger partial charge is 0.325 e. The number of allylic oxidation sites excluding steroid dienone is 1. The van der Waals surface area contributed by atoms with Crippen molar-refractivity contribution < 1.29 is 22.9 Å². The second kappa shape index (κ2) is 9.35. The Morgan fingerprint density at radius 2 is 2.09 bits per heavy atom. The lowest BCUT2D eigenvalue weighted by atomic mass is 10.1. The number of nitrogens with one attached hydrogen (secondary N) is 1. The molecule has 0 aliphatic heterocycles. The lowest BCUT2D eigenvalue weighted by Gasteiger charge is -2.14. The van der Waals surface area contributed by atoms with Gasteiger partial charge in [-0.1, -0.05) is 17.8 Å². The van der Waals surface area contributed by atoms with E-state index in [1.165, 1.54) is 22.0 Å². The van der Waals surface area contributed by atoms with E-state index in [0.29, 0.717) is 16.3 Å². The molecule has 1 aromatic carbocycles. The zero-order valence-corrected chi connectivity index (χ0v) is 19.0. The maximum atomic E-state index is 13.3. The molecule has 0 unspecified atom stereocenters. The molecule has 0 radical (unpaired) electrons. The Morgan fingerprint density at radius 3 is 2.70 bits per heavy atom. The number of nitrogens with zero attached hydrogens (tertiary/aromatic N) is 3. The fourth-order valence-corrected chi connectivity index (χ4v) is 4.89. The number of alkyl halides is 3. The van der Waals surface area contributed by atoms with Gasteiger partial charge in [-0.25, -0.2) is 4.98 Å². The van der Waals surface area contributed by atoms with Crippen molar-refractivity contribution in [2.75, 3.05) is 11.1 Å². The molecule has 1 amide bonds. The van der Waals surface area contributed by atoms with Crippen LogP contribution in [0, 0.1) is 24.0 Å². The molecule has 13 heteroatoms. The third-order valence-electron chi connectivity index (χ3n) is 4.69. The summed E-state index contributed by atoms with van der Waals surface area (Å²) in [6.45, 7) is 7.44. The third kappa shape index (κ3) is 5.09. The molecule has 8 nitrogen and oxygen atoms in total. The highest BCUT2D eigenvalue weighted by Gasteiger charge is 2.35. The number of benzene rings is 1. The van der Waals surface area contributed by atoms with Crippen molar-refractivity contribution >= 4 is 50.6 Å². The van der Waals surface area contributed by atoms with Crippen molar-refractivity contribution in [2.24, 2.45) is 0 Å². The minimum Gasteiger partial charge on any atom is -0.325 e. The summed E-state index contributed by atoms with van der Waals surface area (Å²) in [7, 11) is 0. The van der Waals surface area contributed by atoms with E-state index >= 15 is 0 Å². The van der Waals surface area contributed by atoms with E-state index in [9.17, 15) is 32.9 Å². The summed E-state index contributed by atoms with van der Waals surface area (Å²) >= 11 is 2.22. The highest BCUT2D eigenvalue weighted by molar-refractivity contribution is 7.99. The zero-order valence-electron chi connectivity index (χ0n) is 17.4. The number of thiophene rings is 1. The molecule has 0 atom stereocenters. The first kappa shape index (κ1) is 24.5. The van der Waals surface area contributed by atoms with Crippen LogP contribution in [0.1, 0.15) is 16.0 Å². The van der Waals surface area contributed by atoms with E-state index in [0.717, 1.165) is 34.3 Å². The van der Waals surface area contributed by atoms with Crippen LogP contribution in [0.25, 0.3) is 10.2 Å². The molecule has 1 N–H and O–H groups in total. The van der Waals surface area contributed by atoms with Crippen LogP contribution in [0.3, 0.4) is 0 Å². The van der Waals surface area contributed by atoms with Crippen molar-refractivity contribution in [1.82, 2.24) is 9.55 Å². The first-order valence-electron chi connectivity index (χ1n) is 9.33. The zero-order chi connectivity index (χ0) is 24.5. The number of hydrogen-bond donors (Lipinski definition) is 1. The second-order valence-electron chi connectivity index (χ2n) is 6.88. The number of non-ortho nitro benzene ring substituents is 1. The fraction of sp³-hybridized carbons (Fsp3) is 0.250. The molecule has 0 bridgehead atoms. The number of carbonyl (C=O) groups excluding carboxylic acids is 1. The van der Waals surface area contributed by atoms with Crippen LogP contribution in [0.2, 0.25) is 0 Å². The predicted molar refractivity (Wildman–Crippen MR) is 121 cm³/mol. The van der Waals surface area contributed by atoms with Crippen LogP contribution >= 0.6 is 23.1 Å². The number of nitro benzene ring substituents is 1. The Hall–Kier alpha value is -3.19. The Labute approximate surface area is 193 Å². The number of anilines is 1. The molecule has 0 aliphatic carbocycles. The number of rotatable bonds is 7. The van der Waals surface area contributed by atoms with Gasteiger partial charge >= 0.3 is 6.18 Å². The van der Waals surface area contributed by atoms with Crippen LogP contribution in [-0.2, 0) is 17.5 Å². The summed E-state index contributed by atoms with van der Waals surface area (Å²) < 4.78 is 41.3. The van der Waals surface area contributed by atoms with Gasteiger partial charge in [-0.15, -0.1) is 17.9 Å². The molecular formula is C20H17F3N4O4S2. The number of thioether (sulfide) groups is 1. The van der Waals surface area contributed by atoms with Crippen molar-refractivity contribution in [1.29, 1.82) is 0 Å². The average molecular weight is 499 g/mol. The van der Waals surface area contributed by atoms with Gasteiger partial charge in [-0.3, -0.25) is 24.3 Å². The SMILES string of the molecule is C=CCn1c(SCC(=O)Nc2ccc([N+](=O)[O-])cc2C(F)(F)F)nc2sc(C)c(C)c2c1=O. The van der Waals surface area contributed by atoms with Crippen LogP contribution in [-0.4, -0.2) is 26.1 Å². The molecule has 0 spiro atoms. The lowest BCUT2D eigenvalue weighted by molar-refractivity contribution is -0.385. The quantitative estimate of drug-likeness (QED) is 0.163. The van der Waals surface area contributed by atoms with E-state index in [2.05, 4.69) is 16.9 Å². The topological polar surface area (TPSA) is 107 Å². The van der Waals surface area contributed by atoms with Gasteiger partial charge in [0.2, 0.25) is 5.91 Å². The maximum Gasteiger partial charge on any atom is 0.418 e. The summed E-state index contributed by atoms with van der Waals surface area (Å²) in [5, 5.41) is 13.6. The highest BCUT2D eigenvalue weighted by Crippen LogP contribution is 2.37. The van der Waals surface area contributed by atoms with Crippen LogP contribution in [0.4, 0.5) is 24.5 Å². The molecule has 2 aromatic heterocycles. The van der Waals surface area contributed by atoms with Gasteiger partial charge in [-0.05, 0) is 25.5 Å². The van der Waals surface area contributed by atoms with Gasteiger partial charge in [0, 0.05) is 23.6 Å². The molecular weight excluding hydrogens is 481 g/mol. The van der Waals surface area contributed by atoms with Gasteiger partial charge in [0.15, 0.2) is 5.16 Å². The normalized spacial score (nSPS) is 11.5. The largest absolute Gasteiger partial charge is 0.418 e. The van der Waals surface area contributed by atoms with Crippen LogP contribution < -0.4 is 10.9 Å². The average Bonchev–Trinajstić information content (AvgIpc) is 3.01. The number of hydrogen-bond acceptors (Lipinski definition) is 7. The van der Waals surface area contributed by atoms with E-state index in [1.54, 1.807) is 0 Å². The minimum absolute atomic E-state index is 0.140. The van der Waals surface area contributed by atoms with Gasteiger partial charge < -0.3 is 5.32 Å². The van der Waals surface area contributed by atoms with Crippen molar-refractivity contribution in [3.8, 4) is 0 Å². The van der Waals surface area contributed by atoms with Crippen molar-refractivity contribution in [2.45, 2.75) is 31.7 Å². The standard InChI is InChI=1S/C20H17F3N4O4S2/c1-4-7-26-18(29)16-10(2)11(3)33-17(16)25-19(26)32-9-15(28)24-14-6-5-12(27(30)31)8-13(14)20(21,22)23/h4-6,8H,1,7,9H2,2-3H3,(H,24,28). The molecule has 3 aromatic rings. The number of halogens is 3. The summed E-state index contributed by atoms with van der Waals surface area (Å²) in [5.74, 6) is -1.13. The predicted octanol–water partition coefficient (Wildman–Crippen LogP) is 4.92. The monoisotopic (exact) mass is 498 g/mol. The number of aryl methyl sites for hydroxylation is 2. The first-order valence-corrected chi connectivity index (χ1v) is 11.1. The summed E-state index contributed by atoms with van der Waals surface area (Å²) in [4.78, 5) is 41.1. The van der Waals surface area contributed by atoms with E-state index in [4.69, 9.17) is 0 Å². The number of amides is 1. The molecule has 3 rings (SSSR count). The van der Waals surface area contributed by atoms with Crippen LogP contribution in [0.5, 0.6) is 0 Å². The van der Waals surface area contributed by atoms with Crippen molar-refractivity contribution in [3.05, 3.63) is 67.3 Å². The number of nitro groups is 1. The molecule has 2 heterocycles. The van der Waals surface area contributed by atoms with Gasteiger partial charge in [0.05, 0.1) is 27.3 Å². The summed E-state index contributed by atoms with van der Waals surface area (Å²) in [6, 6.07) is 2.07. The summed E-state index contributed by atoms with van der Waals surface area (Å²) in [5.41, 5.74) is -2.16. The molecule has 33 heavy (non-hydrogen) atoms. The number of fused-ring (bicyclic) bond motifs is 1. The second-order valence-corrected chi connectivity index (χ2v) is 9.03. The Bertz CT molecular complexity index is 1330. The Kier molecular flexibility index (Phi) is 6.93. The fourth-order valence-electron chi connectivity index (χ4n) is 3.01. The van der Waals surface area contributed by atoms with Gasteiger partial charge in [0.1, 0.15) is 4.83 Å². The van der Waals surface area contributed by atoms with E-state index in [1.807, 2.05) is 13.8 Å². The number of aromatic nitrogens is 2. The molecule has 0 saturated heterocycles.